The molecule has 4 nitrogen and oxygen atoms in total. The van der Waals surface area contributed by atoms with Gasteiger partial charge in [-0.1, -0.05) is 0 Å². The van der Waals surface area contributed by atoms with Gasteiger partial charge >= 0.3 is 0 Å². The predicted molar refractivity (Wildman–Crippen MR) is 71.1 cm³/mol. The Bertz CT molecular complexity index is 625. The van der Waals surface area contributed by atoms with Gasteiger partial charge in [-0.2, -0.15) is 5.26 Å². The van der Waals surface area contributed by atoms with Gasteiger partial charge in [-0.25, -0.2) is 9.37 Å². The summed E-state index contributed by atoms with van der Waals surface area (Å²) in [5.74, 6) is -0.370. The SMILES string of the molecule is CCn1cncc1CNc1cc(C#N)cc(F)c1C. The highest BCUT2D eigenvalue weighted by Crippen LogP contribution is 2.21. The van der Waals surface area contributed by atoms with E-state index in [1.807, 2.05) is 17.6 Å². The lowest BCUT2D eigenvalue weighted by atomic mass is 10.1. The number of anilines is 1. The first-order valence-corrected chi connectivity index (χ1v) is 6.08. The van der Waals surface area contributed by atoms with Crippen LogP contribution in [0.3, 0.4) is 0 Å². The monoisotopic (exact) mass is 258 g/mol. The van der Waals surface area contributed by atoms with Crippen molar-refractivity contribution < 1.29 is 4.39 Å². The fourth-order valence-corrected chi connectivity index (χ4v) is 1.89. The van der Waals surface area contributed by atoms with Crippen molar-refractivity contribution in [2.45, 2.75) is 26.9 Å². The van der Waals surface area contributed by atoms with Crippen molar-refractivity contribution in [3.63, 3.8) is 0 Å². The Kier molecular flexibility index (Phi) is 3.81. The normalized spacial score (nSPS) is 10.2. The smallest absolute Gasteiger partial charge is 0.129 e. The van der Waals surface area contributed by atoms with Crippen LogP contribution in [0.1, 0.15) is 23.7 Å². The Morgan fingerprint density at radius 1 is 1.47 bits per heavy atom. The number of hydrogen-bond acceptors (Lipinski definition) is 3. The van der Waals surface area contributed by atoms with Crippen molar-refractivity contribution in [1.82, 2.24) is 9.55 Å². The number of nitrogens with zero attached hydrogens (tertiary/aromatic N) is 3. The van der Waals surface area contributed by atoms with E-state index in [9.17, 15) is 4.39 Å². The maximum Gasteiger partial charge on any atom is 0.129 e. The summed E-state index contributed by atoms with van der Waals surface area (Å²) in [5.41, 5.74) is 2.49. The van der Waals surface area contributed by atoms with Crippen LogP contribution in [0.25, 0.3) is 0 Å². The van der Waals surface area contributed by atoms with Gasteiger partial charge in [-0.15, -0.1) is 0 Å². The highest BCUT2D eigenvalue weighted by Gasteiger charge is 2.08. The average Bonchev–Trinajstić information content (AvgIpc) is 2.87. The van der Waals surface area contributed by atoms with E-state index in [1.54, 1.807) is 25.5 Å². The molecular formula is C14H15FN4. The summed E-state index contributed by atoms with van der Waals surface area (Å²) in [6.45, 7) is 5.11. The molecule has 0 atom stereocenters. The Morgan fingerprint density at radius 2 is 2.26 bits per heavy atom. The van der Waals surface area contributed by atoms with Crippen LogP contribution in [0.2, 0.25) is 0 Å². The highest BCUT2D eigenvalue weighted by atomic mass is 19.1. The van der Waals surface area contributed by atoms with Crippen molar-refractivity contribution in [1.29, 1.82) is 5.26 Å². The molecule has 0 aliphatic carbocycles. The van der Waals surface area contributed by atoms with Gasteiger partial charge in [-0.3, -0.25) is 0 Å². The fourth-order valence-electron chi connectivity index (χ4n) is 1.89. The lowest BCUT2D eigenvalue weighted by molar-refractivity contribution is 0.618. The lowest BCUT2D eigenvalue weighted by Gasteiger charge is -2.11. The molecule has 0 aliphatic rings. The average molecular weight is 258 g/mol. The van der Waals surface area contributed by atoms with Gasteiger partial charge in [0.15, 0.2) is 0 Å². The van der Waals surface area contributed by atoms with Crippen molar-refractivity contribution in [3.05, 3.63) is 47.3 Å². The number of benzene rings is 1. The quantitative estimate of drug-likeness (QED) is 0.917. The largest absolute Gasteiger partial charge is 0.379 e. The van der Waals surface area contributed by atoms with Crippen molar-refractivity contribution in [3.8, 4) is 6.07 Å². The van der Waals surface area contributed by atoms with Crippen LogP contribution in [0.5, 0.6) is 0 Å². The minimum atomic E-state index is -0.370. The number of nitrogens with one attached hydrogen (secondary N) is 1. The number of halogens is 1. The number of hydrogen-bond donors (Lipinski definition) is 1. The van der Waals surface area contributed by atoms with E-state index >= 15 is 0 Å². The summed E-state index contributed by atoms with van der Waals surface area (Å²) in [6.07, 6.45) is 3.53. The molecule has 2 aromatic rings. The second kappa shape index (κ2) is 5.53. The molecule has 19 heavy (non-hydrogen) atoms. The molecule has 1 heterocycles. The molecule has 1 N–H and O–H groups in total. The van der Waals surface area contributed by atoms with Crippen molar-refractivity contribution >= 4 is 5.69 Å². The zero-order valence-electron chi connectivity index (χ0n) is 10.9. The van der Waals surface area contributed by atoms with Crippen LogP contribution in [-0.2, 0) is 13.1 Å². The zero-order chi connectivity index (χ0) is 13.8. The highest BCUT2D eigenvalue weighted by molar-refractivity contribution is 5.55. The molecule has 0 fully saturated rings. The zero-order valence-corrected chi connectivity index (χ0v) is 10.9. The molecule has 5 heteroatoms. The Hall–Kier alpha value is -2.35. The minimum Gasteiger partial charge on any atom is -0.379 e. The summed E-state index contributed by atoms with van der Waals surface area (Å²) >= 11 is 0. The van der Waals surface area contributed by atoms with E-state index < -0.39 is 0 Å². The number of aryl methyl sites for hydroxylation is 1. The van der Waals surface area contributed by atoms with E-state index in [2.05, 4.69) is 10.3 Å². The third-order valence-corrected chi connectivity index (χ3v) is 3.07. The molecule has 1 aromatic heterocycles. The third-order valence-electron chi connectivity index (χ3n) is 3.07. The van der Waals surface area contributed by atoms with Gasteiger partial charge in [-0.05, 0) is 26.0 Å². The molecule has 0 radical (unpaired) electrons. The molecule has 98 valence electrons. The maximum atomic E-state index is 13.6. The van der Waals surface area contributed by atoms with E-state index in [0.717, 1.165) is 12.2 Å². The summed E-state index contributed by atoms with van der Waals surface area (Å²) < 4.78 is 15.6. The Labute approximate surface area is 111 Å². The number of nitriles is 1. The van der Waals surface area contributed by atoms with Gasteiger partial charge in [0.05, 0.1) is 30.2 Å². The molecule has 0 saturated carbocycles. The molecule has 0 spiro atoms. The topological polar surface area (TPSA) is 53.6 Å². The second-order valence-corrected chi connectivity index (χ2v) is 4.27. The standard InChI is InChI=1S/C14H15FN4/c1-3-19-9-17-7-12(19)8-18-14-5-11(6-16)4-13(15)10(14)2/h4-5,7,9,18H,3,8H2,1-2H3. The lowest BCUT2D eigenvalue weighted by Crippen LogP contribution is -2.07. The summed E-state index contributed by atoms with van der Waals surface area (Å²) in [4.78, 5) is 4.08. The van der Waals surface area contributed by atoms with Crippen molar-refractivity contribution in [2.75, 3.05) is 5.32 Å². The number of rotatable bonds is 4. The third kappa shape index (κ3) is 2.74. The first-order chi connectivity index (χ1) is 9.15. The molecule has 0 aliphatic heterocycles. The molecular weight excluding hydrogens is 243 g/mol. The van der Waals surface area contributed by atoms with Crippen molar-refractivity contribution in [2.24, 2.45) is 0 Å². The van der Waals surface area contributed by atoms with Crippen LogP contribution < -0.4 is 5.32 Å². The van der Waals surface area contributed by atoms with Gasteiger partial charge in [0.1, 0.15) is 5.82 Å². The van der Waals surface area contributed by atoms with Gasteiger partial charge < -0.3 is 9.88 Å². The van der Waals surface area contributed by atoms with Crippen LogP contribution in [0, 0.1) is 24.1 Å². The minimum absolute atomic E-state index is 0.314. The Balaban J connectivity index is 2.20. The van der Waals surface area contributed by atoms with Crippen LogP contribution in [0.4, 0.5) is 10.1 Å². The molecule has 2 rings (SSSR count). The summed E-state index contributed by atoms with van der Waals surface area (Å²) in [6, 6.07) is 4.86. The van der Waals surface area contributed by atoms with E-state index in [1.165, 1.54) is 6.07 Å². The molecule has 0 saturated heterocycles. The van der Waals surface area contributed by atoms with Crippen LogP contribution in [-0.4, -0.2) is 9.55 Å². The fraction of sp³-hybridized carbons (Fsp3) is 0.286. The van der Waals surface area contributed by atoms with E-state index in [4.69, 9.17) is 5.26 Å². The molecule has 0 bridgehead atoms. The van der Waals surface area contributed by atoms with Gasteiger partial charge in [0.2, 0.25) is 0 Å². The number of imidazole rings is 1. The van der Waals surface area contributed by atoms with E-state index in [0.29, 0.717) is 23.4 Å². The van der Waals surface area contributed by atoms with Crippen LogP contribution >= 0.6 is 0 Å². The number of aromatic nitrogens is 2. The molecule has 1 aromatic carbocycles. The first kappa shape index (κ1) is 13.1. The Morgan fingerprint density at radius 3 is 2.95 bits per heavy atom. The molecule has 0 unspecified atom stereocenters. The first-order valence-electron chi connectivity index (χ1n) is 6.08. The summed E-state index contributed by atoms with van der Waals surface area (Å²) in [7, 11) is 0. The molecule has 0 amide bonds. The predicted octanol–water partition coefficient (Wildman–Crippen LogP) is 2.83. The van der Waals surface area contributed by atoms with Gasteiger partial charge in [0.25, 0.3) is 0 Å². The van der Waals surface area contributed by atoms with E-state index in [-0.39, 0.29) is 5.82 Å². The second-order valence-electron chi connectivity index (χ2n) is 4.27. The van der Waals surface area contributed by atoms with Gasteiger partial charge in [0, 0.05) is 24.0 Å². The summed E-state index contributed by atoms with van der Waals surface area (Å²) in [5, 5.41) is 12.0. The maximum absolute atomic E-state index is 13.6. The van der Waals surface area contributed by atoms with Crippen LogP contribution in [0.15, 0.2) is 24.7 Å².